The maximum Gasteiger partial charge on any atom is 0.246 e. The molecule has 0 aliphatic rings. The van der Waals surface area contributed by atoms with Crippen LogP contribution in [0.1, 0.15) is 11.1 Å². The van der Waals surface area contributed by atoms with Crippen molar-refractivity contribution in [3.05, 3.63) is 58.6 Å². The Kier molecular flexibility index (Phi) is 4.75. The van der Waals surface area contributed by atoms with Gasteiger partial charge >= 0.3 is 0 Å². The Balaban J connectivity index is 2.04. The molecular formula is C15H15ClFN3O. The van der Waals surface area contributed by atoms with Crippen molar-refractivity contribution >= 4 is 23.6 Å². The second-order valence-corrected chi connectivity index (χ2v) is 5.08. The second kappa shape index (κ2) is 6.54. The summed E-state index contributed by atoms with van der Waals surface area (Å²) in [7, 11) is 3.39. The Labute approximate surface area is 127 Å². The lowest BCUT2D eigenvalue weighted by atomic mass is 10.2. The highest BCUT2D eigenvalue weighted by Gasteiger charge is 2.12. The topological polar surface area (TPSA) is 38.1 Å². The predicted octanol–water partition coefficient (Wildman–Crippen LogP) is 2.88. The molecule has 0 atom stereocenters. The van der Waals surface area contributed by atoms with Crippen molar-refractivity contribution in [1.82, 2.24) is 14.7 Å². The van der Waals surface area contributed by atoms with Crippen LogP contribution in [0, 0.1) is 5.82 Å². The fourth-order valence-corrected chi connectivity index (χ4v) is 2.04. The molecular weight excluding hydrogens is 293 g/mol. The zero-order valence-electron chi connectivity index (χ0n) is 11.8. The molecule has 0 aliphatic carbocycles. The second-order valence-electron chi connectivity index (χ2n) is 4.68. The van der Waals surface area contributed by atoms with Gasteiger partial charge in [-0.05, 0) is 18.2 Å². The van der Waals surface area contributed by atoms with E-state index >= 15 is 0 Å². The Morgan fingerprint density at radius 3 is 2.90 bits per heavy atom. The summed E-state index contributed by atoms with van der Waals surface area (Å²) in [4.78, 5) is 13.4. The molecule has 0 radical (unpaired) electrons. The number of rotatable bonds is 4. The van der Waals surface area contributed by atoms with Gasteiger partial charge in [0.15, 0.2) is 0 Å². The number of hydrogen-bond donors (Lipinski definition) is 0. The maximum absolute atomic E-state index is 13.7. The number of halogens is 2. The normalized spacial score (nSPS) is 11.0. The number of nitrogens with zero attached hydrogens (tertiary/aromatic N) is 3. The molecule has 0 fully saturated rings. The van der Waals surface area contributed by atoms with Crippen LogP contribution in [0.4, 0.5) is 4.39 Å². The lowest BCUT2D eigenvalue weighted by Crippen LogP contribution is -2.24. The summed E-state index contributed by atoms with van der Waals surface area (Å²) in [6.45, 7) is 0.113. The van der Waals surface area contributed by atoms with E-state index in [-0.39, 0.29) is 12.5 Å². The minimum Gasteiger partial charge on any atom is -0.338 e. The van der Waals surface area contributed by atoms with Gasteiger partial charge in [-0.15, -0.1) is 0 Å². The number of carbonyl (C=O) groups excluding carboxylic acids is 1. The molecule has 21 heavy (non-hydrogen) atoms. The standard InChI is InChI=1S/C15H15ClFN3O/c1-19(10-12-13(16)4-3-5-14(12)17)15(21)7-6-11-8-18-20(2)9-11/h3-9H,10H2,1-2H3/b7-6+. The molecule has 1 aromatic heterocycles. The van der Waals surface area contributed by atoms with Gasteiger partial charge in [0.2, 0.25) is 5.91 Å². The quantitative estimate of drug-likeness (QED) is 0.815. The van der Waals surface area contributed by atoms with E-state index in [0.29, 0.717) is 10.6 Å². The van der Waals surface area contributed by atoms with Crippen molar-refractivity contribution < 1.29 is 9.18 Å². The number of carbonyl (C=O) groups is 1. The van der Waals surface area contributed by atoms with Crippen LogP contribution < -0.4 is 0 Å². The van der Waals surface area contributed by atoms with E-state index in [1.54, 1.807) is 43.3 Å². The summed E-state index contributed by atoms with van der Waals surface area (Å²) < 4.78 is 15.3. The van der Waals surface area contributed by atoms with Crippen LogP contribution in [0.3, 0.4) is 0 Å². The van der Waals surface area contributed by atoms with Crippen molar-refractivity contribution in [3.8, 4) is 0 Å². The number of hydrogen-bond acceptors (Lipinski definition) is 2. The molecule has 2 aromatic rings. The molecule has 1 heterocycles. The summed E-state index contributed by atoms with van der Waals surface area (Å²) in [5.74, 6) is -0.656. The summed E-state index contributed by atoms with van der Waals surface area (Å²) in [6, 6.07) is 4.46. The molecule has 0 unspecified atom stereocenters. The Morgan fingerprint density at radius 2 is 2.29 bits per heavy atom. The van der Waals surface area contributed by atoms with Crippen LogP contribution in [0.2, 0.25) is 5.02 Å². The highest BCUT2D eigenvalue weighted by Crippen LogP contribution is 2.20. The van der Waals surface area contributed by atoms with E-state index in [2.05, 4.69) is 5.10 Å². The summed E-state index contributed by atoms with van der Waals surface area (Å²) in [5.41, 5.74) is 1.13. The molecule has 0 spiro atoms. The molecule has 4 nitrogen and oxygen atoms in total. The molecule has 0 bridgehead atoms. The third-order valence-corrected chi connectivity index (χ3v) is 3.33. The average molecular weight is 308 g/mol. The van der Waals surface area contributed by atoms with Crippen LogP contribution in [-0.2, 0) is 18.4 Å². The highest BCUT2D eigenvalue weighted by atomic mass is 35.5. The van der Waals surface area contributed by atoms with Crippen molar-refractivity contribution in [3.63, 3.8) is 0 Å². The third kappa shape index (κ3) is 3.92. The minimum atomic E-state index is -0.418. The lowest BCUT2D eigenvalue weighted by molar-refractivity contribution is -0.125. The van der Waals surface area contributed by atoms with E-state index in [0.717, 1.165) is 5.56 Å². The largest absolute Gasteiger partial charge is 0.338 e. The van der Waals surface area contributed by atoms with Crippen LogP contribution in [0.5, 0.6) is 0 Å². The van der Waals surface area contributed by atoms with Crippen LogP contribution in [0.25, 0.3) is 6.08 Å². The average Bonchev–Trinajstić information content (AvgIpc) is 2.86. The third-order valence-electron chi connectivity index (χ3n) is 2.98. The lowest BCUT2D eigenvalue weighted by Gasteiger charge is -2.16. The van der Waals surface area contributed by atoms with Crippen LogP contribution in [-0.4, -0.2) is 27.6 Å². The first kappa shape index (κ1) is 15.3. The SMILES string of the molecule is CN(Cc1c(F)cccc1Cl)C(=O)/C=C/c1cnn(C)c1. The van der Waals surface area contributed by atoms with Crippen LogP contribution >= 0.6 is 11.6 Å². The maximum atomic E-state index is 13.7. The molecule has 110 valence electrons. The number of benzene rings is 1. The predicted molar refractivity (Wildman–Crippen MR) is 80.1 cm³/mol. The number of likely N-dealkylation sites (N-methyl/N-ethyl adjacent to an activating group) is 1. The molecule has 1 amide bonds. The van der Waals surface area contributed by atoms with Crippen molar-refractivity contribution in [2.75, 3.05) is 7.05 Å². The first-order valence-electron chi connectivity index (χ1n) is 6.32. The van der Waals surface area contributed by atoms with E-state index in [1.165, 1.54) is 23.1 Å². The van der Waals surface area contributed by atoms with Gasteiger partial charge in [0.05, 0.1) is 6.20 Å². The number of aromatic nitrogens is 2. The molecule has 6 heteroatoms. The van der Waals surface area contributed by atoms with Crippen molar-refractivity contribution in [1.29, 1.82) is 0 Å². The van der Waals surface area contributed by atoms with E-state index in [9.17, 15) is 9.18 Å². The van der Waals surface area contributed by atoms with Gasteiger partial charge in [0.1, 0.15) is 5.82 Å². The van der Waals surface area contributed by atoms with Gasteiger partial charge in [-0.25, -0.2) is 4.39 Å². The number of amides is 1. The molecule has 0 aliphatic heterocycles. The Hall–Kier alpha value is -2.14. The van der Waals surface area contributed by atoms with Gasteiger partial charge in [-0.2, -0.15) is 5.10 Å². The number of aryl methyl sites for hydroxylation is 1. The van der Waals surface area contributed by atoms with Gasteiger partial charge < -0.3 is 4.90 Å². The van der Waals surface area contributed by atoms with E-state index in [1.807, 2.05) is 0 Å². The molecule has 0 saturated heterocycles. The minimum absolute atomic E-state index is 0.113. The van der Waals surface area contributed by atoms with Crippen LogP contribution in [0.15, 0.2) is 36.7 Å². The Bertz CT molecular complexity index is 661. The molecule has 1 aromatic carbocycles. The van der Waals surface area contributed by atoms with E-state index in [4.69, 9.17) is 11.6 Å². The van der Waals surface area contributed by atoms with Gasteiger partial charge in [0.25, 0.3) is 0 Å². The van der Waals surface area contributed by atoms with Gasteiger partial charge in [-0.1, -0.05) is 17.7 Å². The van der Waals surface area contributed by atoms with Gasteiger partial charge in [0, 0.05) is 49.1 Å². The smallest absolute Gasteiger partial charge is 0.246 e. The van der Waals surface area contributed by atoms with Crippen molar-refractivity contribution in [2.45, 2.75) is 6.54 Å². The van der Waals surface area contributed by atoms with Crippen molar-refractivity contribution in [2.24, 2.45) is 7.05 Å². The van der Waals surface area contributed by atoms with Gasteiger partial charge in [-0.3, -0.25) is 9.48 Å². The highest BCUT2D eigenvalue weighted by molar-refractivity contribution is 6.31. The first-order valence-corrected chi connectivity index (χ1v) is 6.70. The first-order chi connectivity index (χ1) is 9.97. The fraction of sp³-hybridized carbons (Fsp3) is 0.200. The summed E-state index contributed by atoms with van der Waals surface area (Å²) in [6.07, 6.45) is 6.52. The zero-order chi connectivity index (χ0) is 15.4. The summed E-state index contributed by atoms with van der Waals surface area (Å²) >= 11 is 5.95. The molecule has 2 rings (SSSR count). The zero-order valence-corrected chi connectivity index (χ0v) is 12.5. The van der Waals surface area contributed by atoms with E-state index < -0.39 is 5.82 Å². The summed E-state index contributed by atoms with van der Waals surface area (Å²) in [5, 5.41) is 4.31. The fourth-order valence-electron chi connectivity index (χ4n) is 1.82. The monoisotopic (exact) mass is 307 g/mol. The Morgan fingerprint density at radius 1 is 1.52 bits per heavy atom. The molecule has 0 saturated carbocycles. The molecule has 0 N–H and O–H groups in total.